The van der Waals surface area contributed by atoms with E-state index in [2.05, 4.69) is 56.1 Å². The van der Waals surface area contributed by atoms with Gasteiger partial charge in [0.25, 0.3) is 0 Å². The number of benzene rings is 1. The molecule has 0 saturated carbocycles. The van der Waals surface area contributed by atoms with Gasteiger partial charge in [0.15, 0.2) is 5.96 Å². The van der Waals surface area contributed by atoms with Crippen LogP contribution in [0.25, 0.3) is 0 Å². The van der Waals surface area contributed by atoms with Crippen molar-refractivity contribution in [2.45, 2.75) is 46.6 Å². The first-order valence-electron chi connectivity index (χ1n) is 9.48. The number of ether oxygens (including phenoxy) is 2. The van der Waals surface area contributed by atoms with Crippen LogP contribution < -0.4 is 10.1 Å². The standard InChI is InChI=1S/C20H33N3O2/c1-5-21-20(23-10-7-18(8-11-23)24-6-2)22-9-12-25-19-14-16(3)13-17(4)15-19/h13-15,18H,5-12H2,1-4H3,(H,21,22). The molecule has 1 heterocycles. The third-order valence-corrected chi connectivity index (χ3v) is 4.30. The number of nitrogens with zero attached hydrogens (tertiary/aromatic N) is 2. The third kappa shape index (κ3) is 6.58. The zero-order valence-electron chi connectivity index (χ0n) is 16.2. The van der Waals surface area contributed by atoms with Crippen molar-refractivity contribution in [3.05, 3.63) is 29.3 Å². The molecule has 2 rings (SSSR count). The molecule has 25 heavy (non-hydrogen) atoms. The molecular formula is C20H33N3O2. The van der Waals surface area contributed by atoms with E-state index in [1.54, 1.807) is 0 Å². The number of hydrogen-bond acceptors (Lipinski definition) is 3. The van der Waals surface area contributed by atoms with Gasteiger partial charge in [-0.05, 0) is 63.8 Å². The van der Waals surface area contributed by atoms with Gasteiger partial charge in [-0.2, -0.15) is 0 Å². The molecule has 140 valence electrons. The molecule has 0 unspecified atom stereocenters. The van der Waals surface area contributed by atoms with Crippen molar-refractivity contribution in [3.63, 3.8) is 0 Å². The van der Waals surface area contributed by atoms with Gasteiger partial charge in [0, 0.05) is 26.2 Å². The Hall–Kier alpha value is -1.75. The summed E-state index contributed by atoms with van der Waals surface area (Å²) in [5.74, 6) is 1.91. The molecule has 5 heteroatoms. The Bertz CT molecular complexity index is 532. The van der Waals surface area contributed by atoms with Gasteiger partial charge in [-0.1, -0.05) is 6.07 Å². The summed E-state index contributed by atoms with van der Waals surface area (Å²) in [4.78, 5) is 7.06. The monoisotopic (exact) mass is 347 g/mol. The lowest BCUT2D eigenvalue weighted by Crippen LogP contribution is -2.47. The summed E-state index contributed by atoms with van der Waals surface area (Å²) in [6, 6.07) is 6.29. The Kier molecular flexibility index (Phi) is 8.06. The minimum Gasteiger partial charge on any atom is -0.492 e. The fourth-order valence-corrected chi connectivity index (χ4v) is 3.23. The first-order chi connectivity index (χ1) is 12.1. The lowest BCUT2D eigenvalue weighted by Gasteiger charge is -2.34. The summed E-state index contributed by atoms with van der Waals surface area (Å²) in [5, 5.41) is 3.40. The number of piperidine rings is 1. The van der Waals surface area contributed by atoms with Crippen molar-refractivity contribution >= 4 is 5.96 Å². The number of guanidine groups is 1. The summed E-state index contributed by atoms with van der Waals surface area (Å²) >= 11 is 0. The first-order valence-corrected chi connectivity index (χ1v) is 9.48. The molecule has 1 aliphatic rings. The molecule has 0 aliphatic carbocycles. The maximum Gasteiger partial charge on any atom is 0.194 e. The predicted molar refractivity (Wildman–Crippen MR) is 104 cm³/mol. The van der Waals surface area contributed by atoms with Crippen LogP contribution in [0.5, 0.6) is 5.75 Å². The smallest absolute Gasteiger partial charge is 0.194 e. The van der Waals surface area contributed by atoms with E-state index >= 15 is 0 Å². The number of hydrogen-bond donors (Lipinski definition) is 1. The number of rotatable bonds is 7. The van der Waals surface area contributed by atoms with E-state index in [1.807, 2.05) is 0 Å². The van der Waals surface area contributed by atoms with E-state index in [4.69, 9.17) is 14.5 Å². The molecule has 0 spiro atoms. The van der Waals surface area contributed by atoms with Gasteiger partial charge < -0.3 is 19.7 Å². The van der Waals surface area contributed by atoms with Gasteiger partial charge in [0.1, 0.15) is 12.4 Å². The van der Waals surface area contributed by atoms with Gasteiger partial charge in [0.2, 0.25) is 0 Å². The molecule has 1 aliphatic heterocycles. The largest absolute Gasteiger partial charge is 0.492 e. The van der Waals surface area contributed by atoms with E-state index in [-0.39, 0.29) is 0 Å². The van der Waals surface area contributed by atoms with Crippen LogP contribution in [0.1, 0.15) is 37.8 Å². The number of aryl methyl sites for hydroxylation is 2. The second-order valence-electron chi connectivity index (χ2n) is 6.55. The quantitative estimate of drug-likeness (QED) is 0.468. The van der Waals surface area contributed by atoms with Crippen LogP contribution in [-0.2, 0) is 4.74 Å². The van der Waals surface area contributed by atoms with Crippen LogP contribution in [0.15, 0.2) is 23.2 Å². The van der Waals surface area contributed by atoms with Gasteiger partial charge in [-0.15, -0.1) is 0 Å². The van der Waals surface area contributed by atoms with Gasteiger partial charge in [0.05, 0.1) is 12.6 Å². The van der Waals surface area contributed by atoms with Crippen LogP contribution in [0, 0.1) is 13.8 Å². The summed E-state index contributed by atoms with van der Waals surface area (Å²) in [5.41, 5.74) is 2.45. The summed E-state index contributed by atoms with van der Waals surface area (Å²) in [6.45, 7) is 13.3. The lowest BCUT2D eigenvalue weighted by molar-refractivity contribution is 0.0263. The Morgan fingerprint density at radius 2 is 1.84 bits per heavy atom. The van der Waals surface area contributed by atoms with E-state index < -0.39 is 0 Å². The molecule has 0 bridgehead atoms. The highest BCUT2D eigenvalue weighted by atomic mass is 16.5. The molecule has 1 aromatic rings. The van der Waals surface area contributed by atoms with E-state index in [0.29, 0.717) is 19.3 Å². The molecule has 1 aromatic carbocycles. The number of likely N-dealkylation sites (tertiary alicyclic amines) is 1. The van der Waals surface area contributed by atoms with Crippen molar-refractivity contribution in [1.29, 1.82) is 0 Å². The fourth-order valence-electron chi connectivity index (χ4n) is 3.23. The minimum absolute atomic E-state index is 0.400. The number of aliphatic imine (C=N–C) groups is 1. The summed E-state index contributed by atoms with van der Waals surface area (Å²) in [6.07, 6.45) is 2.53. The Labute approximate surface area is 152 Å². The van der Waals surface area contributed by atoms with Crippen molar-refractivity contribution in [1.82, 2.24) is 10.2 Å². The molecule has 1 fully saturated rings. The van der Waals surface area contributed by atoms with Crippen molar-refractivity contribution in [2.24, 2.45) is 4.99 Å². The zero-order chi connectivity index (χ0) is 18.1. The van der Waals surface area contributed by atoms with Crippen LogP contribution in [-0.4, -0.2) is 56.4 Å². The highest BCUT2D eigenvalue weighted by molar-refractivity contribution is 5.80. The molecule has 5 nitrogen and oxygen atoms in total. The average Bonchev–Trinajstić information content (AvgIpc) is 2.58. The summed E-state index contributed by atoms with van der Waals surface area (Å²) < 4.78 is 11.6. The van der Waals surface area contributed by atoms with Gasteiger partial charge in [-0.25, -0.2) is 4.99 Å². The molecular weight excluding hydrogens is 314 g/mol. The Morgan fingerprint density at radius 1 is 1.16 bits per heavy atom. The Morgan fingerprint density at radius 3 is 2.44 bits per heavy atom. The maximum atomic E-state index is 5.86. The van der Waals surface area contributed by atoms with E-state index in [0.717, 1.165) is 50.8 Å². The second kappa shape index (κ2) is 10.3. The summed E-state index contributed by atoms with van der Waals surface area (Å²) in [7, 11) is 0. The normalized spacial score (nSPS) is 16.2. The predicted octanol–water partition coefficient (Wildman–Crippen LogP) is 3.15. The van der Waals surface area contributed by atoms with Crippen LogP contribution in [0.2, 0.25) is 0 Å². The lowest BCUT2D eigenvalue weighted by atomic mass is 10.1. The maximum absolute atomic E-state index is 5.86. The van der Waals surface area contributed by atoms with Crippen molar-refractivity contribution in [2.75, 3.05) is 39.4 Å². The average molecular weight is 348 g/mol. The number of nitrogens with one attached hydrogen (secondary N) is 1. The van der Waals surface area contributed by atoms with Crippen LogP contribution in [0.4, 0.5) is 0 Å². The highest BCUT2D eigenvalue weighted by Gasteiger charge is 2.21. The molecule has 0 amide bonds. The van der Waals surface area contributed by atoms with Gasteiger partial charge in [-0.3, -0.25) is 0 Å². The first kappa shape index (κ1) is 19.6. The zero-order valence-corrected chi connectivity index (χ0v) is 16.2. The molecule has 0 aromatic heterocycles. The molecule has 0 atom stereocenters. The van der Waals surface area contributed by atoms with E-state index in [9.17, 15) is 0 Å². The fraction of sp³-hybridized carbons (Fsp3) is 0.650. The van der Waals surface area contributed by atoms with Gasteiger partial charge >= 0.3 is 0 Å². The van der Waals surface area contributed by atoms with Crippen molar-refractivity contribution < 1.29 is 9.47 Å². The molecule has 1 saturated heterocycles. The highest BCUT2D eigenvalue weighted by Crippen LogP contribution is 2.16. The molecule has 1 N–H and O–H groups in total. The third-order valence-electron chi connectivity index (χ3n) is 4.30. The minimum atomic E-state index is 0.400. The Balaban J connectivity index is 1.83. The topological polar surface area (TPSA) is 46.1 Å². The van der Waals surface area contributed by atoms with Crippen LogP contribution >= 0.6 is 0 Å². The SMILES string of the molecule is CCNC(=NCCOc1cc(C)cc(C)c1)N1CCC(OCC)CC1. The second-order valence-corrected chi connectivity index (χ2v) is 6.55. The van der Waals surface area contributed by atoms with E-state index in [1.165, 1.54) is 11.1 Å². The van der Waals surface area contributed by atoms with Crippen molar-refractivity contribution in [3.8, 4) is 5.75 Å². The molecule has 0 radical (unpaired) electrons. The van der Waals surface area contributed by atoms with Crippen LogP contribution in [0.3, 0.4) is 0 Å².